The third-order valence-electron chi connectivity index (χ3n) is 4.24. The van der Waals surface area contributed by atoms with Crippen LogP contribution in [0.15, 0.2) is 47.4 Å². The number of hydrogen-bond donors (Lipinski definition) is 2. The summed E-state index contributed by atoms with van der Waals surface area (Å²) in [4.78, 5) is 26.1. The number of nitrogens with zero attached hydrogens (tertiary/aromatic N) is 2. The van der Waals surface area contributed by atoms with E-state index in [4.69, 9.17) is 0 Å². The lowest BCUT2D eigenvalue weighted by Crippen LogP contribution is -2.40. The van der Waals surface area contributed by atoms with Gasteiger partial charge in [0.2, 0.25) is 0 Å². The molecule has 0 radical (unpaired) electrons. The summed E-state index contributed by atoms with van der Waals surface area (Å²) in [5, 5.41) is 13.0. The molecule has 7 heteroatoms. The van der Waals surface area contributed by atoms with Crippen molar-refractivity contribution in [3.8, 4) is 0 Å². The molecule has 1 heterocycles. The Bertz CT molecular complexity index is 815. The number of pyridine rings is 1. The number of aliphatic hydroxyl groups is 1. The zero-order valence-electron chi connectivity index (χ0n) is 13.9. The van der Waals surface area contributed by atoms with Gasteiger partial charge in [-0.05, 0) is 42.7 Å². The number of aliphatic hydroxyl groups excluding tert-OH is 1. The van der Waals surface area contributed by atoms with E-state index in [1.165, 1.54) is 33.7 Å². The minimum atomic E-state index is -0.925. The van der Waals surface area contributed by atoms with Gasteiger partial charge in [0.25, 0.3) is 5.56 Å². The molecule has 3 rings (SSSR count). The van der Waals surface area contributed by atoms with Gasteiger partial charge < -0.3 is 19.9 Å². The average Bonchev–Trinajstić information content (AvgIpc) is 3.42. The van der Waals surface area contributed by atoms with Crippen molar-refractivity contribution < 1.29 is 14.3 Å². The van der Waals surface area contributed by atoms with Crippen LogP contribution in [-0.2, 0) is 7.05 Å². The van der Waals surface area contributed by atoms with Crippen molar-refractivity contribution >= 4 is 11.7 Å². The van der Waals surface area contributed by atoms with Crippen LogP contribution in [0.3, 0.4) is 0 Å². The predicted octanol–water partition coefficient (Wildman–Crippen LogP) is 2.25. The Balaban J connectivity index is 1.72. The molecule has 6 nitrogen and oxygen atoms in total. The van der Waals surface area contributed by atoms with Crippen molar-refractivity contribution in [3.63, 3.8) is 0 Å². The van der Waals surface area contributed by atoms with Gasteiger partial charge in [-0.3, -0.25) is 4.79 Å². The van der Waals surface area contributed by atoms with E-state index in [0.29, 0.717) is 5.56 Å². The van der Waals surface area contributed by atoms with Gasteiger partial charge in [-0.25, -0.2) is 9.18 Å². The molecule has 25 heavy (non-hydrogen) atoms. The molecule has 2 aromatic rings. The zero-order chi connectivity index (χ0) is 18.0. The van der Waals surface area contributed by atoms with Gasteiger partial charge in [-0.2, -0.15) is 0 Å². The fourth-order valence-electron chi connectivity index (χ4n) is 2.64. The van der Waals surface area contributed by atoms with Crippen LogP contribution in [0, 0.1) is 5.82 Å². The molecular weight excluding hydrogens is 325 g/mol. The van der Waals surface area contributed by atoms with Crippen LogP contribution in [0.4, 0.5) is 14.9 Å². The van der Waals surface area contributed by atoms with Gasteiger partial charge in [0.15, 0.2) is 0 Å². The Kier molecular flexibility index (Phi) is 4.85. The first-order valence-corrected chi connectivity index (χ1v) is 8.12. The van der Waals surface area contributed by atoms with E-state index in [0.717, 1.165) is 12.8 Å². The number of rotatable bonds is 5. The number of aromatic nitrogens is 1. The molecule has 1 unspecified atom stereocenters. The second-order valence-corrected chi connectivity index (χ2v) is 6.22. The van der Waals surface area contributed by atoms with Crippen LogP contribution in [0.1, 0.15) is 24.5 Å². The monoisotopic (exact) mass is 345 g/mol. The number of amides is 2. The smallest absolute Gasteiger partial charge is 0.322 e. The first-order valence-electron chi connectivity index (χ1n) is 8.12. The molecule has 132 valence electrons. The van der Waals surface area contributed by atoms with Crippen molar-refractivity contribution in [2.75, 3.05) is 11.9 Å². The molecule has 1 aliphatic rings. The topological polar surface area (TPSA) is 74.6 Å². The number of benzene rings is 1. The fraction of sp³-hybridized carbons (Fsp3) is 0.333. The largest absolute Gasteiger partial charge is 0.387 e. The van der Waals surface area contributed by atoms with Crippen LogP contribution in [-0.4, -0.2) is 33.2 Å². The highest BCUT2D eigenvalue weighted by molar-refractivity contribution is 5.89. The van der Waals surface area contributed by atoms with Gasteiger partial charge >= 0.3 is 6.03 Å². The molecule has 0 bridgehead atoms. The van der Waals surface area contributed by atoms with Crippen molar-refractivity contribution in [2.24, 2.45) is 7.05 Å². The number of carbonyl (C=O) groups excluding carboxylic acids is 1. The van der Waals surface area contributed by atoms with Crippen LogP contribution >= 0.6 is 0 Å². The van der Waals surface area contributed by atoms with Crippen molar-refractivity contribution in [1.82, 2.24) is 9.47 Å². The fourth-order valence-corrected chi connectivity index (χ4v) is 2.64. The summed E-state index contributed by atoms with van der Waals surface area (Å²) < 4.78 is 14.4. The summed E-state index contributed by atoms with van der Waals surface area (Å²) >= 11 is 0. The number of aryl methyl sites for hydroxylation is 1. The summed E-state index contributed by atoms with van der Waals surface area (Å²) in [6.07, 6.45) is 2.40. The lowest BCUT2D eigenvalue weighted by molar-refractivity contribution is 0.123. The second-order valence-electron chi connectivity index (χ2n) is 6.22. The molecule has 1 atom stereocenters. The minimum absolute atomic E-state index is 0.0441. The predicted molar refractivity (Wildman–Crippen MR) is 91.8 cm³/mol. The molecule has 1 saturated carbocycles. The van der Waals surface area contributed by atoms with Crippen molar-refractivity contribution in [3.05, 3.63) is 64.3 Å². The van der Waals surface area contributed by atoms with E-state index in [1.807, 2.05) is 0 Å². The third kappa shape index (κ3) is 4.06. The molecule has 1 aromatic carbocycles. The Hall–Kier alpha value is -2.67. The number of halogens is 1. The standard InChI is InChI=1S/C18H20FN3O3/c1-21-10-2-3-15(17(21)24)20-18(25)22(14-8-9-14)11-16(23)12-4-6-13(19)7-5-12/h2-7,10,14,16,23H,8-9,11H2,1H3,(H,20,25). The van der Waals surface area contributed by atoms with Crippen LogP contribution in [0.25, 0.3) is 0 Å². The van der Waals surface area contributed by atoms with Crippen LogP contribution in [0.2, 0.25) is 0 Å². The van der Waals surface area contributed by atoms with Crippen LogP contribution < -0.4 is 10.9 Å². The SMILES string of the molecule is Cn1cccc(NC(=O)N(CC(O)c2ccc(F)cc2)C2CC2)c1=O. The molecule has 0 spiro atoms. The van der Waals surface area contributed by atoms with E-state index < -0.39 is 12.1 Å². The third-order valence-corrected chi connectivity index (χ3v) is 4.24. The van der Waals surface area contributed by atoms with E-state index in [1.54, 1.807) is 25.4 Å². The van der Waals surface area contributed by atoms with Gasteiger partial charge in [0, 0.05) is 19.3 Å². The number of hydrogen-bond acceptors (Lipinski definition) is 3. The minimum Gasteiger partial charge on any atom is -0.387 e. The highest BCUT2D eigenvalue weighted by atomic mass is 19.1. The highest BCUT2D eigenvalue weighted by Gasteiger charge is 2.34. The molecule has 2 amide bonds. The molecule has 0 aliphatic heterocycles. The zero-order valence-corrected chi connectivity index (χ0v) is 13.9. The Labute approximate surface area is 144 Å². The number of nitrogens with one attached hydrogen (secondary N) is 1. The Morgan fingerprint density at radius 1 is 1.36 bits per heavy atom. The molecular formula is C18H20FN3O3. The van der Waals surface area contributed by atoms with Gasteiger partial charge in [0.1, 0.15) is 11.5 Å². The van der Waals surface area contributed by atoms with Gasteiger partial charge in [0.05, 0.1) is 12.6 Å². The van der Waals surface area contributed by atoms with Crippen LogP contribution in [0.5, 0.6) is 0 Å². The second kappa shape index (κ2) is 7.06. The quantitative estimate of drug-likeness (QED) is 0.873. The molecule has 1 fully saturated rings. The van der Waals surface area contributed by atoms with Crippen molar-refractivity contribution in [1.29, 1.82) is 0 Å². The lowest BCUT2D eigenvalue weighted by atomic mass is 10.1. The summed E-state index contributed by atoms with van der Waals surface area (Å²) in [5.41, 5.74) is 0.429. The van der Waals surface area contributed by atoms with E-state index in [-0.39, 0.29) is 29.7 Å². The average molecular weight is 345 g/mol. The summed E-state index contributed by atoms with van der Waals surface area (Å²) in [6.45, 7) is 0.0787. The normalized spacial score (nSPS) is 14.8. The first-order chi connectivity index (χ1) is 12.0. The maximum Gasteiger partial charge on any atom is 0.322 e. The molecule has 0 saturated heterocycles. The maximum absolute atomic E-state index is 13.0. The van der Waals surface area contributed by atoms with E-state index in [2.05, 4.69) is 5.32 Å². The summed E-state index contributed by atoms with van der Waals surface area (Å²) in [6, 6.07) is 8.37. The summed E-state index contributed by atoms with van der Waals surface area (Å²) in [5.74, 6) is -0.382. The molecule has 1 aromatic heterocycles. The lowest BCUT2D eigenvalue weighted by Gasteiger charge is -2.25. The number of carbonyl (C=O) groups is 1. The van der Waals surface area contributed by atoms with E-state index >= 15 is 0 Å². The number of urea groups is 1. The maximum atomic E-state index is 13.0. The number of anilines is 1. The highest BCUT2D eigenvalue weighted by Crippen LogP contribution is 2.29. The van der Waals surface area contributed by atoms with E-state index in [9.17, 15) is 19.1 Å². The van der Waals surface area contributed by atoms with Gasteiger partial charge in [-0.15, -0.1) is 0 Å². The summed E-state index contributed by atoms with van der Waals surface area (Å²) in [7, 11) is 1.61. The Morgan fingerprint density at radius 3 is 2.68 bits per heavy atom. The van der Waals surface area contributed by atoms with Crippen molar-refractivity contribution in [2.45, 2.75) is 25.0 Å². The Morgan fingerprint density at radius 2 is 2.04 bits per heavy atom. The molecule has 2 N–H and O–H groups in total. The first kappa shape index (κ1) is 17.2. The van der Waals surface area contributed by atoms with Gasteiger partial charge in [-0.1, -0.05) is 12.1 Å². The molecule has 1 aliphatic carbocycles.